The van der Waals surface area contributed by atoms with E-state index in [9.17, 15) is 0 Å². The van der Waals surface area contributed by atoms with E-state index in [0.717, 1.165) is 31.2 Å². The summed E-state index contributed by atoms with van der Waals surface area (Å²) in [5.74, 6) is 1.64. The Hall–Kier alpha value is -2.88. The van der Waals surface area contributed by atoms with E-state index in [1.807, 2.05) is 18.3 Å². The van der Waals surface area contributed by atoms with Gasteiger partial charge in [0.1, 0.15) is 5.82 Å². The van der Waals surface area contributed by atoms with Gasteiger partial charge in [0, 0.05) is 24.5 Å². The van der Waals surface area contributed by atoms with Gasteiger partial charge in [-0.05, 0) is 43.0 Å². The molecule has 25 heavy (non-hydrogen) atoms. The molecule has 0 radical (unpaired) electrons. The molecule has 4 heteroatoms. The van der Waals surface area contributed by atoms with Gasteiger partial charge in [-0.15, -0.1) is 0 Å². The average Bonchev–Trinajstić information content (AvgIpc) is 2.98. The molecule has 1 aromatic heterocycles. The molecule has 1 aliphatic rings. The molecule has 2 heterocycles. The van der Waals surface area contributed by atoms with Crippen molar-refractivity contribution >= 4 is 17.5 Å². The van der Waals surface area contributed by atoms with Crippen molar-refractivity contribution < 1.29 is 0 Å². The minimum atomic E-state index is 0.372. The number of benzene rings is 2. The lowest BCUT2D eigenvalue weighted by atomic mass is 10.1. The van der Waals surface area contributed by atoms with E-state index in [4.69, 9.17) is 4.98 Å². The quantitative estimate of drug-likeness (QED) is 0.761. The van der Waals surface area contributed by atoms with Gasteiger partial charge in [-0.1, -0.05) is 48.5 Å². The molecule has 126 valence electrons. The Bertz CT molecular complexity index is 847. The highest BCUT2D eigenvalue weighted by molar-refractivity contribution is 5.67. The van der Waals surface area contributed by atoms with Crippen molar-refractivity contribution in [3.8, 4) is 0 Å². The lowest BCUT2D eigenvalue weighted by molar-refractivity contribution is 0.740. The summed E-state index contributed by atoms with van der Waals surface area (Å²) in [5.41, 5.74) is 3.91. The summed E-state index contributed by atoms with van der Waals surface area (Å²) in [6.07, 6.45) is 3.84. The number of aromatic nitrogens is 2. The Labute approximate surface area is 148 Å². The van der Waals surface area contributed by atoms with Crippen LogP contribution in [0.3, 0.4) is 0 Å². The van der Waals surface area contributed by atoms with Gasteiger partial charge in [0.2, 0.25) is 5.95 Å². The number of rotatable bonds is 5. The van der Waals surface area contributed by atoms with Crippen molar-refractivity contribution in [2.45, 2.75) is 25.8 Å². The average molecular weight is 330 g/mol. The van der Waals surface area contributed by atoms with Crippen LogP contribution < -0.4 is 10.2 Å². The van der Waals surface area contributed by atoms with Gasteiger partial charge in [0.05, 0.1) is 0 Å². The molecule has 1 unspecified atom stereocenters. The highest BCUT2D eigenvalue weighted by Gasteiger charge is 2.28. The first-order valence-electron chi connectivity index (χ1n) is 8.79. The molecule has 0 saturated heterocycles. The molecular formula is C21H22N4. The van der Waals surface area contributed by atoms with E-state index in [0.29, 0.717) is 6.04 Å². The summed E-state index contributed by atoms with van der Waals surface area (Å²) >= 11 is 0. The molecule has 0 saturated carbocycles. The summed E-state index contributed by atoms with van der Waals surface area (Å²) in [6.45, 7) is 3.07. The van der Waals surface area contributed by atoms with Crippen LogP contribution in [0.25, 0.3) is 0 Å². The molecule has 1 aliphatic heterocycles. The fraction of sp³-hybridized carbons (Fsp3) is 0.238. The molecule has 4 nitrogen and oxygen atoms in total. The van der Waals surface area contributed by atoms with Crippen LogP contribution in [0.1, 0.15) is 18.1 Å². The minimum Gasteiger partial charge on any atom is -0.370 e. The Morgan fingerprint density at radius 1 is 1.04 bits per heavy atom. The van der Waals surface area contributed by atoms with Crippen molar-refractivity contribution in [3.05, 3.63) is 78.0 Å². The number of anilines is 3. The Morgan fingerprint density at radius 2 is 1.84 bits per heavy atom. The van der Waals surface area contributed by atoms with E-state index in [1.165, 1.54) is 16.8 Å². The smallest absolute Gasteiger partial charge is 0.232 e. The van der Waals surface area contributed by atoms with Crippen molar-refractivity contribution in [3.63, 3.8) is 0 Å². The third-order valence-electron chi connectivity index (χ3n) is 4.63. The van der Waals surface area contributed by atoms with Gasteiger partial charge < -0.3 is 10.2 Å². The maximum absolute atomic E-state index is 4.74. The molecule has 1 atom stereocenters. The van der Waals surface area contributed by atoms with Crippen LogP contribution in [-0.4, -0.2) is 22.6 Å². The third kappa shape index (κ3) is 3.33. The fourth-order valence-electron chi connectivity index (χ4n) is 3.41. The lowest BCUT2D eigenvalue weighted by Crippen LogP contribution is -2.26. The summed E-state index contributed by atoms with van der Waals surface area (Å²) < 4.78 is 0. The summed E-state index contributed by atoms with van der Waals surface area (Å²) in [7, 11) is 0. The second-order valence-corrected chi connectivity index (χ2v) is 6.46. The predicted molar refractivity (Wildman–Crippen MR) is 102 cm³/mol. The SMILES string of the molecule is CC1Cc2ccccc2N1c1nccc(NCCc2ccccc2)n1. The van der Waals surface area contributed by atoms with E-state index in [2.05, 4.69) is 70.7 Å². The van der Waals surface area contributed by atoms with E-state index < -0.39 is 0 Å². The van der Waals surface area contributed by atoms with Crippen molar-refractivity contribution in [1.82, 2.24) is 9.97 Å². The second-order valence-electron chi connectivity index (χ2n) is 6.46. The number of para-hydroxylation sites is 1. The molecule has 0 spiro atoms. The molecule has 0 amide bonds. The van der Waals surface area contributed by atoms with Crippen LogP contribution >= 0.6 is 0 Å². The zero-order chi connectivity index (χ0) is 17.1. The maximum Gasteiger partial charge on any atom is 0.232 e. The van der Waals surface area contributed by atoms with Gasteiger partial charge >= 0.3 is 0 Å². The Kier molecular flexibility index (Phi) is 4.34. The maximum atomic E-state index is 4.74. The number of nitrogens with one attached hydrogen (secondary N) is 1. The lowest BCUT2D eigenvalue weighted by Gasteiger charge is -2.23. The summed E-state index contributed by atoms with van der Waals surface area (Å²) in [5, 5.41) is 3.42. The standard InChI is InChI=1S/C21H22N4/c1-16-15-18-9-5-6-10-19(18)25(16)21-23-14-12-20(24-21)22-13-11-17-7-3-2-4-8-17/h2-10,12,14,16H,11,13,15H2,1H3,(H,22,23,24). The van der Waals surface area contributed by atoms with Crippen LogP contribution in [0.2, 0.25) is 0 Å². The highest BCUT2D eigenvalue weighted by Crippen LogP contribution is 2.36. The molecule has 0 bridgehead atoms. The molecule has 0 aliphatic carbocycles. The van der Waals surface area contributed by atoms with Crippen LogP contribution in [0, 0.1) is 0 Å². The first-order valence-corrected chi connectivity index (χ1v) is 8.79. The molecule has 0 fully saturated rings. The van der Waals surface area contributed by atoms with Crippen LogP contribution in [0.5, 0.6) is 0 Å². The monoisotopic (exact) mass is 330 g/mol. The molecule has 2 aromatic carbocycles. The zero-order valence-electron chi connectivity index (χ0n) is 14.4. The van der Waals surface area contributed by atoms with E-state index >= 15 is 0 Å². The van der Waals surface area contributed by atoms with Crippen LogP contribution in [0.4, 0.5) is 17.5 Å². The van der Waals surface area contributed by atoms with E-state index in [1.54, 1.807) is 0 Å². The first kappa shape index (κ1) is 15.6. The summed E-state index contributed by atoms with van der Waals surface area (Å²) in [6, 6.07) is 21.3. The Morgan fingerprint density at radius 3 is 2.72 bits per heavy atom. The van der Waals surface area contributed by atoms with Crippen LogP contribution in [-0.2, 0) is 12.8 Å². The normalized spacial score (nSPS) is 15.9. The number of hydrogen-bond donors (Lipinski definition) is 1. The van der Waals surface area contributed by atoms with Crippen molar-refractivity contribution in [1.29, 1.82) is 0 Å². The van der Waals surface area contributed by atoms with Crippen molar-refractivity contribution in [2.75, 3.05) is 16.8 Å². The molecular weight excluding hydrogens is 308 g/mol. The third-order valence-corrected chi connectivity index (χ3v) is 4.63. The number of nitrogens with zero attached hydrogens (tertiary/aromatic N) is 3. The van der Waals surface area contributed by atoms with Gasteiger partial charge in [-0.25, -0.2) is 4.98 Å². The zero-order valence-corrected chi connectivity index (χ0v) is 14.4. The van der Waals surface area contributed by atoms with Gasteiger partial charge in [0.15, 0.2) is 0 Å². The second kappa shape index (κ2) is 6.93. The van der Waals surface area contributed by atoms with Gasteiger partial charge in [0.25, 0.3) is 0 Å². The largest absolute Gasteiger partial charge is 0.370 e. The van der Waals surface area contributed by atoms with E-state index in [-0.39, 0.29) is 0 Å². The first-order chi connectivity index (χ1) is 12.3. The van der Waals surface area contributed by atoms with Crippen LogP contribution in [0.15, 0.2) is 66.9 Å². The topological polar surface area (TPSA) is 41.1 Å². The van der Waals surface area contributed by atoms with Gasteiger partial charge in [-0.2, -0.15) is 4.98 Å². The minimum absolute atomic E-state index is 0.372. The predicted octanol–water partition coefficient (Wildman–Crippen LogP) is 4.21. The van der Waals surface area contributed by atoms with Crippen molar-refractivity contribution in [2.24, 2.45) is 0 Å². The number of fused-ring (bicyclic) bond motifs is 1. The molecule has 3 aromatic rings. The fourth-order valence-corrected chi connectivity index (χ4v) is 3.41. The molecule has 4 rings (SSSR count). The van der Waals surface area contributed by atoms with Gasteiger partial charge in [-0.3, -0.25) is 0 Å². The highest BCUT2D eigenvalue weighted by atomic mass is 15.3. The number of hydrogen-bond acceptors (Lipinski definition) is 4. The Balaban J connectivity index is 1.48. The molecule has 1 N–H and O–H groups in total. The summed E-state index contributed by atoms with van der Waals surface area (Å²) in [4.78, 5) is 11.5.